The molecule has 3 aromatic rings. The van der Waals surface area contributed by atoms with Gasteiger partial charge in [-0.2, -0.15) is 0 Å². The summed E-state index contributed by atoms with van der Waals surface area (Å²) in [5, 5.41) is 8.31. The van der Waals surface area contributed by atoms with Gasteiger partial charge in [0, 0.05) is 24.2 Å². The van der Waals surface area contributed by atoms with E-state index < -0.39 is 5.82 Å². The van der Waals surface area contributed by atoms with Crippen LogP contribution in [-0.4, -0.2) is 34.1 Å². The Morgan fingerprint density at radius 3 is 2.77 bits per heavy atom. The SMILES string of the molecule is O=C(c1cccc(F)c1)N1CCC[C@H](c2nnc(-c3ccccc3)o2)C1. The number of benzene rings is 2. The van der Waals surface area contributed by atoms with E-state index in [0.717, 1.165) is 18.4 Å². The summed E-state index contributed by atoms with van der Waals surface area (Å²) in [7, 11) is 0. The van der Waals surface area contributed by atoms with Crippen LogP contribution in [0.1, 0.15) is 35.0 Å². The molecule has 0 bridgehead atoms. The number of aromatic nitrogens is 2. The molecule has 1 fully saturated rings. The first-order valence-corrected chi connectivity index (χ1v) is 8.64. The average molecular weight is 351 g/mol. The molecule has 0 spiro atoms. The number of piperidine rings is 1. The first-order valence-electron chi connectivity index (χ1n) is 8.64. The van der Waals surface area contributed by atoms with Crippen molar-refractivity contribution >= 4 is 5.91 Å². The molecule has 1 aromatic heterocycles. The fourth-order valence-corrected chi connectivity index (χ4v) is 3.26. The highest BCUT2D eigenvalue weighted by molar-refractivity contribution is 5.94. The number of amides is 1. The first kappa shape index (κ1) is 16.4. The Balaban J connectivity index is 1.50. The Kier molecular flexibility index (Phi) is 4.48. The van der Waals surface area contributed by atoms with E-state index in [1.165, 1.54) is 12.1 Å². The predicted molar refractivity (Wildman–Crippen MR) is 94.0 cm³/mol. The molecular weight excluding hydrogens is 333 g/mol. The molecule has 1 aliphatic heterocycles. The van der Waals surface area contributed by atoms with Gasteiger partial charge in [0.1, 0.15) is 5.82 Å². The fourth-order valence-electron chi connectivity index (χ4n) is 3.26. The van der Waals surface area contributed by atoms with Crippen LogP contribution in [0.3, 0.4) is 0 Å². The molecule has 4 rings (SSSR count). The minimum atomic E-state index is -0.409. The molecule has 0 N–H and O–H groups in total. The summed E-state index contributed by atoms with van der Waals surface area (Å²) in [5.74, 6) is 0.437. The van der Waals surface area contributed by atoms with Gasteiger partial charge in [0.2, 0.25) is 11.8 Å². The minimum absolute atomic E-state index is 0.00813. The molecule has 6 heteroatoms. The van der Waals surface area contributed by atoms with Crippen LogP contribution in [-0.2, 0) is 0 Å². The summed E-state index contributed by atoms with van der Waals surface area (Å²) in [4.78, 5) is 14.4. The van der Waals surface area contributed by atoms with Crippen LogP contribution in [0.2, 0.25) is 0 Å². The third-order valence-corrected chi connectivity index (χ3v) is 4.59. The number of carbonyl (C=O) groups excluding carboxylic acids is 1. The van der Waals surface area contributed by atoms with Crippen LogP contribution >= 0.6 is 0 Å². The zero-order valence-corrected chi connectivity index (χ0v) is 14.1. The monoisotopic (exact) mass is 351 g/mol. The second-order valence-electron chi connectivity index (χ2n) is 6.41. The summed E-state index contributed by atoms with van der Waals surface area (Å²) < 4.78 is 19.2. The van der Waals surface area contributed by atoms with Gasteiger partial charge in [-0.25, -0.2) is 4.39 Å². The van der Waals surface area contributed by atoms with Gasteiger partial charge < -0.3 is 9.32 Å². The summed E-state index contributed by atoms with van der Waals surface area (Å²) >= 11 is 0. The van der Waals surface area contributed by atoms with Crippen molar-refractivity contribution in [1.82, 2.24) is 15.1 Å². The number of halogens is 1. The molecule has 1 atom stereocenters. The maximum atomic E-state index is 13.4. The zero-order valence-electron chi connectivity index (χ0n) is 14.1. The third kappa shape index (κ3) is 3.35. The zero-order chi connectivity index (χ0) is 17.9. The van der Waals surface area contributed by atoms with Crippen LogP contribution in [0, 0.1) is 5.82 Å². The van der Waals surface area contributed by atoms with Crippen LogP contribution in [0.5, 0.6) is 0 Å². The van der Waals surface area contributed by atoms with E-state index in [9.17, 15) is 9.18 Å². The largest absolute Gasteiger partial charge is 0.420 e. The first-order chi connectivity index (χ1) is 12.7. The van der Waals surface area contributed by atoms with Gasteiger partial charge >= 0.3 is 0 Å². The highest BCUT2D eigenvalue weighted by atomic mass is 19.1. The van der Waals surface area contributed by atoms with Crippen LogP contribution < -0.4 is 0 Å². The van der Waals surface area contributed by atoms with Crippen LogP contribution in [0.15, 0.2) is 59.0 Å². The van der Waals surface area contributed by atoms with Crippen molar-refractivity contribution in [3.05, 3.63) is 71.9 Å². The summed E-state index contributed by atoms with van der Waals surface area (Å²) in [5.41, 5.74) is 1.23. The Hall–Kier alpha value is -3.02. The van der Waals surface area contributed by atoms with Gasteiger partial charge in [0.05, 0.1) is 5.92 Å². The van der Waals surface area contributed by atoms with Crippen molar-refractivity contribution < 1.29 is 13.6 Å². The standard InChI is InChI=1S/C20H18FN3O2/c21-17-10-4-8-15(12-17)20(25)24-11-5-9-16(13-24)19-23-22-18(26-19)14-6-2-1-3-7-14/h1-4,6-8,10,12,16H,5,9,11,13H2/t16-/m0/s1. The Bertz CT molecular complexity index is 910. The average Bonchev–Trinajstić information content (AvgIpc) is 3.18. The van der Waals surface area contributed by atoms with E-state index in [1.807, 2.05) is 30.3 Å². The van der Waals surface area contributed by atoms with Gasteiger partial charge in [-0.1, -0.05) is 24.3 Å². The van der Waals surface area contributed by atoms with E-state index in [2.05, 4.69) is 10.2 Å². The van der Waals surface area contributed by atoms with Gasteiger partial charge in [-0.05, 0) is 43.2 Å². The van der Waals surface area contributed by atoms with Crippen molar-refractivity contribution in [3.8, 4) is 11.5 Å². The number of carbonyl (C=O) groups is 1. The second kappa shape index (κ2) is 7.07. The van der Waals surface area contributed by atoms with Crippen molar-refractivity contribution in [3.63, 3.8) is 0 Å². The number of likely N-dealkylation sites (tertiary alicyclic amines) is 1. The summed E-state index contributed by atoms with van der Waals surface area (Å²) in [6.07, 6.45) is 1.72. The lowest BCUT2D eigenvalue weighted by atomic mass is 9.97. The molecule has 1 amide bonds. The Morgan fingerprint density at radius 1 is 1.12 bits per heavy atom. The van der Waals surface area contributed by atoms with Gasteiger partial charge in [-0.3, -0.25) is 4.79 Å². The molecule has 26 heavy (non-hydrogen) atoms. The van der Waals surface area contributed by atoms with E-state index >= 15 is 0 Å². The molecule has 2 aromatic carbocycles. The molecule has 0 unspecified atom stereocenters. The highest BCUT2D eigenvalue weighted by Gasteiger charge is 2.29. The normalized spacial score (nSPS) is 17.3. The Morgan fingerprint density at radius 2 is 1.96 bits per heavy atom. The number of nitrogens with zero attached hydrogens (tertiary/aromatic N) is 3. The van der Waals surface area contributed by atoms with Crippen LogP contribution in [0.4, 0.5) is 4.39 Å². The van der Waals surface area contributed by atoms with E-state index in [4.69, 9.17) is 4.42 Å². The smallest absolute Gasteiger partial charge is 0.253 e. The molecule has 0 aliphatic carbocycles. The predicted octanol–water partition coefficient (Wildman–Crippen LogP) is 3.90. The Labute approximate surface area is 150 Å². The van der Waals surface area contributed by atoms with Crippen molar-refractivity contribution in [2.45, 2.75) is 18.8 Å². The number of hydrogen-bond donors (Lipinski definition) is 0. The fraction of sp³-hybridized carbons (Fsp3) is 0.250. The van der Waals surface area contributed by atoms with Gasteiger partial charge in [-0.15, -0.1) is 10.2 Å². The molecule has 0 saturated carbocycles. The van der Waals surface area contributed by atoms with Crippen molar-refractivity contribution in [1.29, 1.82) is 0 Å². The maximum absolute atomic E-state index is 13.4. The second-order valence-corrected chi connectivity index (χ2v) is 6.41. The highest BCUT2D eigenvalue weighted by Crippen LogP contribution is 2.29. The molecule has 1 aliphatic rings. The minimum Gasteiger partial charge on any atom is -0.420 e. The lowest BCUT2D eigenvalue weighted by Gasteiger charge is -2.31. The third-order valence-electron chi connectivity index (χ3n) is 4.59. The molecule has 1 saturated heterocycles. The summed E-state index contributed by atoms with van der Waals surface area (Å²) in [6.45, 7) is 1.14. The maximum Gasteiger partial charge on any atom is 0.253 e. The lowest BCUT2D eigenvalue weighted by Crippen LogP contribution is -2.39. The quantitative estimate of drug-likeness (QED) is 0.718. The molecular formula is C20H18FN3O2. The summed E-state index contributed by atoms with van der Waals surface area (Å²) in [6, 6.07) is 15.4. The van der Waals surface area contributed by atoms with E-state index in [1.54, 1.807) is 17.0 Å². The molecule has 0 radical (unpaired) electrons. The number of hydrogen-bond acceptors (Lipinski definition) is 4. The molecule has 2 heterocycles. The van der Waals surface area contributed by atoms with Crippen molar-refractivity contribution in [2.24, 2.45) is 0 Å². The van der Waals surface area contributed by atoms with E-state index in [-0.39, 0.29) is 11.8 Å². The van der Waals surface area contributed by atoms with Gasteiger partial charge in [0.15, 0.2) is 0 Å². The molecule has 132 valence electrons. The molecule has 5 nitrogen and oxygen atoms in total. The topological polar surface area (TPSA) is 59.2 Å². The van der Waals surface area contributed by atoms with Gasteiger partial charge in [0.25, 0.3) is 5.91 Å². The number of rotatable bonds is 3. The van der Waals surface area contributed by atoms with Crippen LogP contribution in [0.25, 0.3) is 11.5 Å². The van der Waals surface area contributed by atoms with Crippen molar-refractivity contribution in [2.75, 3.05) is 13.1 Å². The lowest BCUT2D eigenvalue weighted by molar-refractivity contribution is 0.0698. The van der Waals surface area contributed by atoms with E-state index in [0.29, 0.717) is 30.4 Å².